The Balaban J connectivity index is -0.000000109. The molecule has 96 valence electrons. The minimum absolute atomic E-state index is 0. The highest BCUT2D eigenvalue weighted by molar-refractivity contribution is 5.26. The molecule has 0 aliphatic carbocycles. The smallest absolute Gasteiger partial charge is 0.0305 e. The van der Waals surface area contributed by atoms with Crippen molar-refractivity contribution in [2.45, 2.75) is 55.4 Å². The Morgan fingerprint density at radius 2 is 1.06 bits per heavy atom. The molecule has 0 N–H and O–H groups in total. The van der Waals surface area contributed by atoms with Crippen LogP contribution >= 0.6 is 0 Å². The van der Waals surface area contributed by atoms with Gasteiger partial charge in [-0.2, -0.15) is 0 Å². The maximum atomic E-state index is 3.00. The summed E-state index contributed by atoms with van der Waals surface area (Å²) in [6, 6.07) is 8.63. The van der Waals surface area contributed by atoms with Gasteiger partial charge in [-0.3, -0.25) is 0 Å². The standard InChI is InChI=1S/C10H14.C2H6.C2H4.2CH4/c1-3-9-7-5-6-8-10(9)4-2;2*1-2;;/h5-8H,3-4H2,1-2H3;1-2H3;1-2H2;2*1H4. The van der Waals surface area contributed by atoms with E-state index >= 15 is 0 Å². The zero-order chi connectivity index (χ0) is 11.4. The highest BCUT2D eigenvalue weighted by Gasteiger charge is 1.93. The predicted octanol–water partition coefficient (Wildman–Crippen LogP) is 5.91. The van der Waals surface area contributed by atoms with E-state index in [9.17, 15) is 0 Å². The second kappa shape index (κ2) is 19.5. The lowest BCUT2D eigenvalue weighted by molar-refractivity contribution is 1.04. The molecule has 0 nitrogen and oxygen atoms in total. The zero-order valence-electron chi connectivity index (χ0n) is 10.1. The van der Waals surface area contributed by atoms with Crippen LogP contribution in [0.3, 0.4) is 0 Å². The Labute approximate surface area is 104 Å². The van der Waals surface area contributed by atoms with Gasteiger partial charge in [-0.05, 0) is 24.0 Å². The molecular weight excluding hydrogens is 192 g/mol. The van der Waals surface area contributed by atoms with Crippen molar-refractivity contribution >= 4 is 0 Å². The maximum Gasteiger partial charge on any atom is -0.0305 e. The molecule has 0 atom stereocenters. The normalized spacial score (nSPS) is 6.75. The summed E-state index contributed by atoms with van der Waals surface area (Å²) >= 11 is 0. The number of benzene rings is 1. The van der Waals surface area contributed by atoms with Gasteiger partial charge in [0.1, 0.15) is 0 Å². The molecule has 1 aromatic rings. The van der Waals surface area contributed by atoms with Crippen LogP contribution in [0, 0.1) is 0 Å². The van der Waals surface area contributed by atoms with E-state index in [1.165, 1.54) is 11.1 Å². The van der Waals surface area contributed by atoms with Gasteiger partial charge in [0, 0.05) is 0 Å². The first kappa shape index (κ1) is 24.3. The Bertz CT molecular complexity index is 190. The minimum Gasteiger partial charge on any atom is -0.106 e. The molecule has 0 heterocycles. The van der Waals surface area contributed by atoms with Gasteiger partial charge in [-0.25, -0.2) is 0 Å². The second-order valence-corrected chi connectivity index (χ2v) is 2.48. The van der Waals surface area contributed by atoms with Crippen LogP contribution in [-0.2, 0) is 12.8 Å². The van der Waals surface area contributed by atoms with Crippen molar-refractivity contribution < 1.29 is 0 Å². The van der Waals surface area contributed by atoms with Crippen molar-refractivity contribution in [1.29, 1.82) is 0 Å². The molecule has 0 heteroatoms. The molecule has 0 saturated carbocycles. The fraction of sp³-hybridized carbons (Fsp3) is 0.500. The molecule has 0 fully saturated rings. The maximum absolute atomic E-state index is 3.00. The third kappa shape index (κ3) is 9.51. The Kier molecular flexibility index (Phi) is 29.6. The molecule has 0 aliphatic heterocycles. The molecule has 0 spiro atoms. The van der Waals surface area contributed by atoms with Crippen LogP contribution in [0.2, 0.25) is 0 Å². The number of rotatable bonds is 2. The van der Waals surface area contributed by atoms with Crippen LogP contribution in [-0.4, -0.2) is 0 Å². The summed E-state index contributed by atoms with van der Waals surface area (Å²) in [4.78, 5) is 0. The van der Waals surface area contributed by atoms with E-state index in [1.807, 2.05) is 13.8 Å². The fourth-order valence-corrected chi connectivity index (χ4v) is 1.25. The largest absolute Gasteiger partial charge is 0.106 e. The summed E-state index contributed by atoms with van der Waals surface area (Å²) in [5.74, 6) is 0. The van der Waals surface area contributed by atoms with E-state index in [-0.39, 0.29) is 14.9 Å². The van der Waals surface area contributed by atoms with Gasteiger partial charge in [0.05, 0.1) is 0 Å². The van der Waals surface area contributed by atoms with Crippen LogP contribution < -0.4 is 0 Å². The first-order chi connectivity index (χ1) is 6.88. The summed E-state index contributed by atoms with van der Waals surface area (Å²) < 4.78 is 0. The van der Waals surface area contributed by atoms with Gasteiger partial charge in [-0.1, -0.05) is 66.8 Å². The molecule has 0 radical (unpaired) electrons. The fourth-order valence-electron chi connectivity index (χ4n) is 1.25. The molecule has 0 bridgehead atoms. The van der Waals surface area contributed by atoms with Crippen LogP contribution in [0.1, 0.15) is 53.7 Å². The predicted molar refractivity (Wildman–Crippen MR) is 81.3 cm³/mol. The van der Waals surface area contributed by atoms with Crippen LogP contribution in [0.15, 0.2) is 37.4 Å². The summed E-state index contributed by atoms with van der Waals surface area (Å²) in [5, 5.41) is 0. The van der Waals surface area contributed by atoms with Crippen molar-refractivity contribution in [1.82, 2.24) is 0 Å². The van der Waals surface area contributed by atoms with Gasteiger partial charge in [0.25, 0.3) is 0 Å². The third-order valence-corrected chi connectivity index (χ3v) is 1.88. The molecule has 0 unspecified atom stereocenters. The highest BCUT2D eigenvalue weighted by Crippen LogP contribution is 2.08. The van der Waals surface area contributed by atoms with Crippen LogP contribution in [0.25, 0.3) is 0 Å². The zero-order valence-corrected chi connectivity index (χ0v) is 10.1. The van der Waals surface area contributed by atoms with Crippen LogP contribution in [0.5, 0.6) is 0 Å². The molecule has 0 aliphatic rings. The van der Waals surface area contributed by atoms with E-state index in [0.29, 0.717) is 0 Å². The summed E-state index contributed by atoms with van der Waals surface area (Å²) in [6.45, 7) is 14.4. The molecular formula is C16H32. The van der Waals surface area contributed by atoms with Gasteiger partial charge in [0.2, 0.25) is 0 Å². The van der Waals surface area contributed by atoms with Crippen LogP contribution in [0.4, 0.5) is 0 Å². The monoisotopic (exact) mass is 224 g/mol. The Morgan fingerprint density at radius 1 is 0.812 bits per heavy atom. The summed E-state index contributed by atoms with van der Waals surface area (Å²) in [5.41, 5.74) is 2.98. The van der Waals surface area contributed by atoms with Crippen molar-refractivity contribution in [2.24, 2.45) is 0 Å². The number of hydrogen-bond acceptors (Lipinski definition) is 0. The SMILES string of the molecule is C.C.C=C.CC.CCc1ccccc1CC. The minimum atomic E-state index is 0. The molecule has 0 saturated heterocycles. The van der Waals surface area contributed by atoms with E-state index in [1.54, 1.807) is 0 Å². The average Bonchev–Trinajstić information content (AvgIpc) is 2.34. The Hall–Kier alpha value is -1.04. The van der Waals surface area contributed by atoms with E-state index in [2.05, 4.69) is 51.3 Å². The third-order valence-electron chi connectivity index (χ3n) is 1.88. The number of aryl methyl sites for hydroxylation is 2. The molecule has 16 heavy (non-hydrogen) atoms. The second-order valence-electron chi connectivity index (χ2n) is 2.48. The quantitative estimate of drug-likeness (QED) is 0.548. The lowest BCUT2D eigenvalue weighted by atomic mass is 10.0. The van der Waals surface area contributed by atoms with E-state index in [0.717, 1.165) is 12.8 Å². The molecule has 0 amide bonds. The Morgan fingerprint density at radius 3 is 1.25 bits per heavy atom. The van der Waals surface area contributed by atoms with E-state index < -0.39 is 0 Å². The summed E-state index contributed by atoms with van der Waals surface area (Å²) in [7, 11) is 0. The van der Waals surface area contributed by atoms with Gasteiger partial charge < -0.3 is 0 Å². The van der Waals surface area contributed by atoms with Crippen molar-refractivity contribution in [3.8, 4) is 0 Å². The van der Waals surface area contributed by atoms with Crippen molar-refractivity contribution in [3.63, 3.8) is 0 Å². The van der Waals surface area contributed by atoms with Gasteiger partial charge in [-0.15, -0.1) is 13.2 Å². The molecule has 0 aromatic heterocycles. The van der Waals surface area contributed by atoms with E-state index in [4.69, 9.17) is 0 Å². The highest BCUT2D eigenvalue weighted by atomic mass is 14.0. The molecule has 1 aromatic carbocycles. The first-order valence-electron chi connectivity index (χ1n) is 5.45. The van der Waals surface area contributed by atoms with Crippen molar-refractivity contribution in [2.75, 3.05) is 0 Å². The molecule has 1 rings (SSSR count). The lowest BCUT2D eigenvalue weighted by Gasteiger charge is -2.02. The summed E-state index contributed by atoms with van der Waals surface area (Å²) in [6.07, 6.45) is 2.31. The van der Waals surface area contributed by atoms with Gasteiger partial charge in [0.15, 0.2) is 0 Å². The van der Waals surface area contributed by atoms with Crippen molar-refractivity contribution in [3.05, 3.63) is 48.6 Å². The first-order valence-corrected chi connectivity index (χ1v) is 5.45. The lowest BCUT2D eigenvalue weighted by Crippen LogP contribution is -1.88. The number of hydrogen-bond donors (Lipinski definition) is 0. The average molecular weight is 224 g/mol. The topological polar surface area (TPSA) is 0 Å². The van der Waals surface area contributed by atoms with Gasteiger partial charge >= 0.3 is 0 Å².